The maximum absolute atomic E-state index is 13.1. The van der Waals surface area contributed by atoms with Crippen LogP contribution in [0.25, 0.3) is 22.1 Å². The summed E-state index contributed by atoms with van der Waals surface area (Å²) in [6, 6.07) is 12.6. The number of benzene rings is 2. The lowest BCUT2D eigenvalue weighted by Gasteiger charge is -2.13. The molecule has 0 spiro atoms. The van der Waals surface area contributed by atoms with Gasteiger partial charge in [0, 0.05) is 11.0 Å². The Hall–Kier alpha value is -3.82. The molecule has 0 bridgehead atoms. The monoisotopic (exact) mass is 590 g/mol. The first-order valence-corrected chi connectivity index (χ1v) is 14.4. The minimum atomic E-state index is -0.978. The highest BCUT2D eigenvalue weighted by Crippen LogP contribution is 2.28. The molecule has 0 fully saturated rings. The molecule has 8 heteroatoms. The third-order valence-electron chi connectivity index (χ3n) is 6.79. The number of hydrogen-bond donors (Lipinski definition) is 2. The third kappa shape index (κ3) is 10.1. The first kappa shape index (κ1) is 33.7. The van der Waals surface area contributed by atoms with Crippen LogP contribution in [0.15, 0.2) is 88.1 Å². The average molecular weight is 591 g/mol. The van der Waals surface area contributed by atoms with E-state index in [1.165, 1.54) is 0 Å². The van der Waals surface area contributed by atoms with E-state index in [0.717, 1.165) is 42.2 Å². The molecule has 0 aliphatic carbocycles. The topological polar surface area (TPSA) is 115 Å². The van der Waals surface area contributed by atoms with Gasteiger partial charge in [-0.05, 0) is 111 Å². The van der Waals surface area contributed by atoms with Crippen LogP contribution in [-0.2, 0) is 27.1 Å². The Morgan fingerprint density at radius 2 is 1.42 bits per heavy atom. The van der Waals surface area contributed by atoms with Crippen LogP contribution in [0.2, 0.25) is 0 Å². The van der Waals surface area contributed by atoms with E-state index in [1.807, 2.05) is 12.1 Å². The average Bonchev–Trinajstić information content (AvgIpc) is 2.96. The van der Waals surface area contributed by atoms with Gasteiger partial charge in [-0.3, -0.25) is 0 Å². The Morgan fingerprint density at radius 3 is 1.98 bits per heavy atom. The quantitative estimate of drug-likeness (QED) is 0.0353. The van der Waals surface area contributed by atoms with E-state index in [4.69, 9.17) is 18.6 Å². The summed E-state index contributed by atoms with van der Waals surface area (Å²) in [5, 5.41) is 20.4. The number of aliphatic hydroxyl groups is 2. The molecular weight excluding hydrogens is 548 g/mol. The number of aryl methyl sites for hydroxylation is 2. The smallest absolute Gasteiger partial charge is 0.344 e. The highest BCUT2D eigenvalue weighted by atomic mass is 16.6. The number of rotatable bonds is 17. The molecule has 43 heavy (non-hydrogen) atoms. The Kier molecular flexibility index (Phi) is 12.6. The molecule has 3 rings (SSSR count). The van der Waals surface area contributed by atoms with Crippen LogP contribution in [0, 0.1) is 0 Å². The van der Waals surface area contributed by atoms with Crippen molar-refractivity contribution < 1.29 is 33.6 Å². The van der Waals surface area contributed by atoms with Crippen molar-refractivity contribution in [1.29, 1.82) is 0 Å². The number of carbonyl (C=O) groups excluding carboxylic acids is 1. The van der Waals surface area contributed by atoms with Gasteiger partial charge in [-0.1, -0.05) is 37.9 Å². The Bertz CT molecular complexity index is 1500. The van der Waals surface area contributed by atoms with Gasteiger partial charge in [-0.25, -0.2) is 9.59 Å². The van der Waals surface area contributed by atoms with Crippen LogP contribution in [0.5, 0.6) is 5.75 Å². The molecule has 2 N–H and O–H groups in total. The number of fused-ring (bicyclic) bond motifs is 1. The highest BCUT2D eigenvalue weighted by Gasteiger charge is 2.14. The molecule has 1 heterocycles. The summed E-state index contributed by atoms with van der Waals surface area (Å²) < 4.78 is 22.0. The van der Waals surface area contributed by atoms with E-state index in [-0.39, 0.29) is 0 Å². The zero-order chi connectivity index (χ0) is 31.5. The zero-order valence-electron chi connectivity index (χ0n) is 25.3. The summed E-state index contributed by atoms with van der Waals surface area (Å²) in [4.78, 5) is 25.0. The van der Waals surface area contributed by atoms with Crippen molar-refractivity contribution in [2.24, 2.45) is 0 Å². The molecule has 2 aromatic carbocycles. The van der Waals surface area contributed by atoms with Crippen LogP contribution in [-0.4, -0.2) is 42.0 Å². The van der Waals surface area contributed by atoms with Crippen molar-refractivity contribution in [3.63, 3.8) is 0 Å². The Morgan fingerprint density at radius 1 is 0.837 bits per heavy atom. The van der Waals surface area contributed by atoms with Gasteiger partial charge in [0.1, 0.15) is 11.3 Å². The molecule has 0 amide bonds. The van der Waals surface area contributed by atoms with Crippen LogP contribution < -0.4 is 10.4 Å². The van der Waals surface area contributed by atoms with Gasteiger partial charge >= 0.3 is 11.6 Å². The van der Waals surface area contributed by atoms with Gasteiger partial charge < -0.3 is 28.8 Å². The predicted molar refractivity (Wildman–Crippen MR) is 168 cm³/mol. The molecule has 0 aliphatic rings. The molecule has 2 atom stereocenters. The number of aliphatic hydroxyl groups excluding tert-OH is 2. The van der Waals surface area contributed by atoms with E-state index in [0.29, 0.717) is 65.2 Å². The second-order valence-corrected chi connectivity index (χ2v) is 10.9. The summed E-state index contributed by atoms with van der Waals surface area (Å²) >= 11 is 0. The number of carbonyl (C=O) groups is 1. The molecule has 2 unspecified atom stereocenters. The Balaban J connectivity index is 1.82. The summed E-state index contributed by atoms with van der Waals surface area (Å²) in [6.45, 7) is 16.8. The molecule has 8 nitrogen and oxygen atoms in total. The van der Waals surface area contributed by atoms with Crippen molar-refractivity contribution in [2.75, 3.05) is 13.2 Å². The highest BCUT2D eigenvalue weighted by molar-refractivity contribution is 5.89. The minimum absolute atomic E-state index is 0.291. The van der Waals surface area contributed by atoms with E-state index >= 15 is 0 Å². The van der Waals surface area contributed by atoms with Crippen LogP contribution in [0.4, 0.5) is 0 Å². The van der Waals surface area contributed by atoms with Gasteiger partial charge in [0.25, 0.3) is 0 Å². The van der Waals surface area contributed by atoms with Crippen LogP contribution >= 0.6 is 0 Å². The van der Waals surface area contributed by atoms with E-state index in [1.54, 1.807) is 45.0 Å². The Labute approximate surface area is 252 Å². The molecular formula is C35H42O8. The van der Waals surface area contributed by atoms with Crippen LogP contribution in [0.1, 0.15) is 57.6 Å². The predicted octanol–water partition coefficient (Wildman–Crippen LogP) is 6.41. The van der Waals surface area contributed by atoms with Gasteiger partial charge in [-0.2, -0.15) is 0 Å². The molecule has 1 aromatic heterocycles. The van der Waals surface area contributed by atoms with Crippen molar-refractivity contribution in [1.82, 2.24) is 0 Å². The van der Waals surface area contributed by atoms with Crippen molar-refractivity contribution in [3.8, 4) is 16.9 Å². The van der Waals surface area contributed by atoms with Crippen molar-refractivity contribution in [3.05, 3.63) is 100 Å². The largest absolute Gasteiger partial charge is 0.423 e. The first-order valence-electron chi connectivity index (χ1n) is 14.4. The summed E-state index contributed by atoms with van der Waals surface area (Å²) in [6.07, 6.45) is 2.59. The van der Waals surface area contributed by atoms with Gasteiger partial charge in [0.2, 0.25) is 0 Å². The zero-order valence-corrected chi connectivity index (χ0v) is 25.3. The van der Waals surface area contributed by atoms with E-state index < -0.39 is 24.2 Å². The lowest BCUT2D eigenvalue weighted by molar-refractivity contribution is -0.130. The summed E-state index contributed by atoms with van der Waals surface area (Å²) in [5.41, 5.74) is 4.55. The van der Waals surface area contributed by atoms with Crippen molar-refractivity contribution in [2.45, 2.75) is 71.9 Å². The van der Waals surface area contributed by atoms with Crippen molar-refractivity contribution >= 4 is 16.9 Å². The van der Waals surface area contributed by atoms with E-state index in [2.05, 4.69) is 25.8 Å². The summed E-state index contributed by atoms with van der Waals surface area (Å²) in [5.74, 6) is -0.166. The first-order chi connectivity index (χ1) is 20.5. The molecule has 230 valence electrons. The standard InChI is InChI=1S/C35H42O8/c1-22(2)32(36)40-17-9-7-11-25-19-27(12-8-10-18-41-33(37)23(3)4)31-28(20-25)21-30(35(39)43-31)26-13-15-29(16-14-26)42-34(38)24(5)6/h13-16,19-21,32-33,36-37H,1,3,5,7-12,17-18H2,2,4,6H3. The lowest BCUT2D eigenvalue weighted by atomic mass is 9.97. The summed E-state index contributed by atoms with van der Waals surface area (Å²) in [7, 11) is 0. The maximum atomic E-state index is 13.1. The molecule has 0 aliphatic heterocycles. The number of unbranched alkanes of at least 4 members (excludes halogenated alkanes) is 2. The van der Waals surface area contributed by atoms with Gasteiger partial charge in [0.05, 0.1) is 18.8 Å². The fourth-order valence-electron chi connectivity index (χ4n) is 4.33. The normalized spacial score (nSPS) is 12.6. The van der Waals surface area contributed by atoms with Gasteiger partial charge in [0.15, 0.2) is 12.6 Å². The van der Waals surface area contributed by atoms with E-state index in [9.17, 15) is 19.8 Å². The third-order valence-corrected chi connectivity index (χ3v) is 6.79. The SMILES string of the molecule is C=C(C)C(=O)Oc1ccc(-c2cc3cc(CCCCOC(O)C(=C)C)cc(CCCCOC(O)C(=C)C)c3oc2=O)cc1. The fourth-order valence-corrected chi connectivity index (χ4v) is 4.33. The van der Waals surface area contributed by atoms with Crippen LogP contribution in [0.3, 0.4) is 0 Å². The van der Waals surface area contributed by atoms with Gasteiger partial charge in [-0.15, -0.1) is 0 Å². The molecule has 0 saturated heterocycles. The maximum Gasteiger partial charge on any atom is 0.344 e. The number of hydrogen-bond acceptors (Lipinski definition) is 8. The molecule has 3 aromatic rings. The number of esters is 1. The minimum Gasteiger partial charge on any atom is -0.423 e. The second-order valence-electron chi connectivity index (χ2n) is 10.9. The fraction of sp³-hybridized carbons (Fsp3) is 0.371. The number of ether oxygens (including phenoxy) is 3. The lowest BCUT2D eigenvalue weighted by Crippen LogP contribution is -2.13. The molecule has 0 radical (unpaired) electrons. The molecule has 0 saturated carbocycles. The second kappa shape index (κ2) is 16.1.